The molecule has 8 nitrogen and oxygen atoms in total. The van der Waals surface area contributed by atoms with Gasteiger partial charge in [0.25, 0.3) is 11.8 Å². The number of carbonyl (C=O) groups excluding carboxylic acids is 3. The van der Waals surface area contributed by atoms with E-state index in [4.69, 9.17) is 10.5 Å². The van der Waals surface area contributed by atoms with Crippen LogP contribution in [0.4, 0.5) is 0 Å². The Morgan fingerprint density at radius 3 is 2.11 bits per heavy atom. The Balaban J connectivity index is 1.54. The molecule has 0 aliphatic heterocycles. The Hall–Kier alpha value is -4.17. The zero-order valence-corrected chi connectivity index (χ0v) is 20.5. The number of hydrogen-bond acceptors (Lipinski definition) is 5. The molecule has 0 aromatic heterocycles. The average Bonchev–Trinajstić information content (AvgIpc) is 2.91. The minimum absolute atomic E-state index is 0.245. The van der Waals surface area contributed by atoms with Crippen molar-refractivity contribution in [2.75, 3.05) is 13.7 Å². The van der Waals surface area contributed by atoms with Gasteiger partial charge in [-0.3, -0.25) is 14.4 Å². The maximum atomic E-state index is 12.8. The van der Waals surface area contributed by atoms with E-state index in [0.29, 0.717) is 36.4 Å². The smallest absolute Gasteiger partial charge is 0.251 e. The van der Waals surface area contributed by atoms with Crippen molar-refractivity contribution in [2.45, 2.75) is 32.5 Å². The molecule has 1 unspecified atom stereocenters. The second-order valence-corrected chi connectivity index (χ2v) is 8.42. The summed E-state index contributed by atoms with van der Waals surface area (Å²) in [6.45, 7) is 2.94. The van der Waals surface area contributed by atoms with Crippen LogP contribution in [0.25, 0.3) is 0 Å². The molecule has 0 bridgehead atoms. The van der Waals surface area contributed by atoms with Crippen LogP contribution in [0.5, 0.6) is 5.75 Å². The summed E-state index contributed by atoms with van der Waals surface area (Å²) in [4.78, 5) is 37.9. The standard InChI is InChI=1S/C28H32N4O4/c1-19-6-8-20(9-7-19)17-31-28(35)25(14-15-29)32-27(34)23-12-10-22(11-13-23)26(33)30-18-21-4-3-5-24(16-21)36-2/h3-13,16,25H,14-15,17-18,29H2,1-2H3,(H,30,33)(H,31,35)(H,32,34). The first-order valence-electron chi connectivity index (χ1n) is 11.7. The molecular formula is C28H32N4O4. The largest absolute Gasteiger partial charge is 0.497 e. The fourth-order valence-electron chi connectivity index (χ4n) is 3.54. The van der Waals surface area contributed by atoms with Gasteiger partial charge in [-0.2, -0.15) is 0 Å². The number of rotatable bonds is 11. The first-order chi connectivity index (χ1) is 17.4. The Kier molecular flexibility index (Phi) is 9.59. The maximum Gasteiger partial charge on any atom is 0.251 e. The summed E-state index contributed by atoms with van der Waals surface area (Å²) in [5.74, 6) is -0.264. The molecule has 0 saturated carbocycles. The van der Waals surface area contributed by atoms with Crippen molar-refractivity contribution in [2.24, 2.45) is 5.73 Å². The van der Waals surface area contributed by atoms with Gasteiger partial charge in [-0.25, -0.2) is 0 Å². The van der Waals surface area contributed by atoms with E-state index in [-0.39, 0.29) is 18.4 Å². The predicted molar refractivity (Wildman–Crippen MR) is 139 cm³/mol. The monoisotopic (exact) mass is 488 g/mol. The van der Waals surface area contributed by atoms with E-state index in [1.54, 1.807) is 31.4 Å². The summed E-state index contributed by atoms with van der Waals surface area (Å²) in [5.41, 5.74) is 9.43. The summed E-state index contributed by atoms with van der Waals surface area (Å²) in [5, 5.41) is 8.44. The number of aryl methyl sites for hydroxylation is 1. The van der Waals surface area contributed by atoms with E-state index >= 15 is 0 Å². The van der Waals surface area contributed by atoms with Crippen molar-refractivity contribution in [3.63, 3.8) is 0 Å². The zero-order chi connectivity index (χ0) is 25.9. The molecule has 0 radical (unpaired) electrons. The molecule has 0 aliphatic rings. The molecule has 0 fully saturated rings. The highest BCUT2D eigenvalue weighted by atomic mass is 16.5. The van der Waals surface area contributed by atoms with Crippen LogP contribution in [0.3, 0.4) is 0 Å². The van der Waals surface area contributed by atoms with Crippen molar-refractivity contribution in [1.29, 1.82) is 0 Å². The third kappa shape index (κ3) is 7.68. The number of methoxy groups -OCH3 is 1. The summed E-state index contributed by atoms with van der Waals surface area (Å²) in [6.07, 6.45) is 0.302. The highest BCUT2D eigenvalue weighted by Gasteiger charge is 2.21. The summed E-state index contributed by atoms with van der Waals surface area (Å²) >= 11 is 0. The topological polar surface area (TPSA) is 123 Å². The van der Waals surface area contributed by atoms with Crippen LogP contribution < -0.4 is 26.4 Å². The van der Waals surface area contributed by atoms with Crippen molar-refractivity contribution >= 4 is 17.7 Å². The second-order valence-electron chi connectivity index (χ2n) is 8.42. The average molecular weight is 489 g/mol. The normalized spacial score (nSPS) is 11.3. The number of carbonyl (C=O) groups is 3. The first kappa shape index (κ1) is 26.4. The number of hydrogen-bond donors (Lipinski definition) is 4. The van der Waals surface area contributed by atoms with E-state index in [0.717, 1.165) is 16.7 Å². The molecule has 0 saturated heterocycles. The molecule has 188 valence electrons. The second kappa shape index (κ2) is 13.1. The predicted octanol–water partition coefficient (Wildman–Crippen LogP) is 2.70. The Bertz CT molecular complexity index is 1180. The van der Waals surface area contributed by atoms with E-state index in [9.17, 15) is 14.4 Å². The molecule has 3 aromatic carbocycles. The lowest BCUT2D eigenvalue weighted by Gasteiger charge is -2.18. The highest BCUT2D eigenvalue weighted by molar-refractivity contribution is 5.99. The summed E-state index contributed by atoms with van der Waals surface area (Å²) in [7, 11) is 1.59. The zero-order valence-electron chi connectivity index (χ0n) is 20.5. The van der Waals surface area contributed by atoms with Gasteiger partial charge >= 0.3 is 0 Å². The number of benzene rings is 3. The molecule has 8 heteroatoms. The van der Waals surface area contributed by atoms with E-state index in [1.807, 2.05) is 55.5 Å². The van der Waals surface area contributed by atoms with Crippen LogP contribution in [0.15, 0.2) is 72.8 Å². The molecule has 0 spiro atoms. The highest BCUT2D eigenvalue weighted by Crippen LogP contribution is 2.13. The molecule has 3 amide bonds. The molecular weight excluding hydrogens is 456 g/mol. The lowest BCUT2D eigenvalue weighted by Crippen LogP contribution is -2.47. The lowest BCUT2D eigenvalue weighted by molar-refractivity contribution is -0.123. The van der Waals surface area contributed by atoms with Crippen molar-refractivity contribution in [3.8, 4) is 5.75 Å². The minimum Gasteiger partial charge on any atom is -0.497 e. The summed E-state index contributed by atoms with van der Waals surface area (Å²) in [6, 6.07) is 20.8. The minimum atomic E-state index is -0.765. The van der Waals surface area contributed by atoms with Crippen LogP contribution in [-0.4, -0.2) is 37.4 Å². The molecule has 3 rings (SSSR count). The van der Waals surface area contributed by atoms with Gasteiger partial charge in [-0.15, -0.1) is 0 Å². The molecule has 0 heterocycles. The van der Waals surface area contributed by atoms with E-state index in [2.05, 4.69) is 16.0 Å². The fraction of sp³-hybridized carbons (Fsp3) is 0.250. The van der Waals surface area contributed by atoms with Crippen molar-refractivity contribution < 1.29 is 19.1 Å². The first-order valence-corrected chi connectivity index (χ1v) is 11.7. The van der Waals surface area contributed by atoms with Crippen molar-refractivity contribution in [1.82, 2.24) is 16.0 Å². The van der Waals surface area contributed by atoms with Crippen LogP contribution >= 0.6 is 0 Å². The van der Waals surface area contributed by atoms with Gasteiger partial charge in [0, 0.05) is 24.2 Å². The van der Waals surface area contributed by atoms with Gasteiger partial charge in [-0.05, 0) is 67.4 Å². The van der Waals surface area contributed by atoms with Crippen LogP contribution in [-0.2, 0) is 17.9 Å². The SMILES string of the molecule is COc1cccc(CNC(=O)c2ccc(C(=O)NC(CCN)C(=O)NCc3ccc(C)cc3)cc2)c1. The molecule has 36 heavy (non-hydrogen) atoms. The van der Waals surface area contributed by atoms with Crippen LogP contribution in [0.2, 0.25) is 0 Å². The van der Waals surface area contributed by atoms with Crippen molar-refractivity contribution in [3.05, 3.63) is 101 Å². The summed E-state index contributed by atoms with van der Waals surface area (Å²) < 4.78 is 5.19. The third-order valence-corrected chi connectivity index (χ3v) is 5.66. The van der Waals surface area contributed by atoms with E-state index in [1.165, 1.54) is 0 Å². The third-order valence-electron chi connectivity index (χ3n) is 5.66. The Labute approximate surface area is 211 Å². The fourth-order valence-corrected chi connectivity index (χ4v) is 3.54. The molecule has 0 aliphatic carbocycles. The van der Waals surface area contributed by atoms with Gasteiger partial charge in [0.1, 0.15) is 11.8 Å². The molecule has 5 N–H and O–H groups in total. The molecule has 3 aromatic rings. The Morgan fingerprint density at radius 2 is 1.47 bits per heavy atom. The van der Waals surface area contributed by atoms with Crippen LogP contribution in [0, 0.1) is 6.92 Å². The van der Waals surface area contributed by atoms with Gasteiger partial charge < -0.3 is 26.4 Å². The number of nitrogens with one attached hydrogen (secondary N) is 3. The number of ether oxygens (including phenoxy) is 1. The van der Waals surface area contributed by atoms with Crippen LogP contribution in [0.1, 0.15) is 43.8 Å². The Morgan fingerprint density at radius 1 is 0.833 bits per heavy atom. The van der Waals surface area contributed by atoms with Gasteiger partial charge in [0.05, 0.1) is 7.11 Å². The van der Waals surface area contributed by atoms with Gasteiger partial charge in [-0.1, -0.05) is 42.0 Å². The molecule has 1 atom stereocenters. The number of nitrogens with two attached hydrogens (primary N) is 1. The van der Waals surface area contributed by atoms with Gasteiger partial charge in [0.2, 0.25) is 5.91 Å². The maximum absolute atomic E-state index is 12.8. The number of amides is 3. The van der Waals surface area contributed by atoms with E-state index < -0.39 is 11.9 Å². The van der Waals surface area contributed by atoms with Gasteiger partial charge in [0.15, 0.2) is 0 Å². The quantitative estimate of drug-likeness (QED) is 0.331. The lowest BCUT2D eigenvalue weighted by atomic mass is 10.1.